The Labute approximate surface area is 100 Å². The molecule has 1 heterocycles. The standard InChI is InChI=1S/C13H16FN3/c1-3-17-8-7-16-13(17)12(15-2)10-5-4-6-11(14)9-10/h4-9,12,15H,3H2,1-2H3. The molecule has 17 heavy (non-hydrogen) atoms. The Bertz CT molecular complexity index is 493. The van der Waals surface area contributed by atoms with Crippen LogP contribution in [0.2, 0.25) is 0 Å². The van der Waals surface area contributed by atoms with Crippen LogP contribution in [0.25, 0.3) is 0 Å². The van der Waals surface area contributed by atoms with E-state index in [0.29, 0.717) is 0 Å². The number of aromatic nitrogens is 2. The lowest BCUT2D eigenvalue weighted by molar-refractivity contribution is 0.580. The third kappa shape index (κ3) is 2.36. The predicted octanol–water partition coefficient (Wildman–Crippen LogP) is 2.35. The molecule has 0 saturated carbocycles. The van der Waals surface area contributed by atoms with Crippen molar-refractivity contribution >= 4 is 0 Å². The van der Waals surface area contributed by atoms with Crippen molar-refractivity contribution in [3.05, 3.63) is 53.9 Å². The van der Waals surface area contributed by atoms with Crippen molar-refractivity contribution in [3.63, 3.8) is 0 Å². The van der Waals surface area contributed by atoms with E-state index in [1.807, 2.05) is 23.9 Å². The van der Waals surface area contributed by atoms with Crippen molar-refractivity contribution in [3.8, 4) is 0 Å². The Kier molecular flexibility index (Phi) is 3.54. The highest BCUT2D eigenvalue weighted by atomic mass is 19.1. The number of imidazole rings is 1. The normalized spacial score (nSPS) is 12.6. The molecule has 1 aromatic heterocycles. The highest BCUT2D eigenvalue weighted by molar-refractivity contribution is 5.25. The zero-order valence-corrected chi connectivity index (χ0v) is 10.0. The van der Waals surface area contributed by atoms with E-state index < -0.39 is 0 Å². The summed E-state index contributed by atoms with van der Waals surface area (Å²) in [6, 6.07) is 6.52. The van der Waals surface area contributed by atoms with E-state index in [0.717, 1.165) is 17.9 Å². The van der Waals surface area contributed by atoms with Crippen LogP contribution in [0.4, 0.5) is 4.39 Å². The molecular weight excluding hydrogens is 217 g/mol. The van der Waals surface area contributed by atoms with Crippen LogP contribution in [0, 0.1) is 5.82 Å². The summed E-state index contributed by atoms with van der Waals surface area (Å²) in [5.41, 5.74) is 0.883. The number of rotatable bonds is 4. The van der Waals surface area contributed by atoms with Crippen molar-refractivity contribution in [2.24, 2.45) is 0 Å². The summed E-state index contributed by atoms with van der Waals surface area (Å²) >= 11 is 0. The van der Waals surface area contributed by atoms with E-state index in [4.69, 9.17) is 0 Å². The molecule has 90 valence electrons. The number of nitrogens with zero attached hydrogens (tertiary/aromatic N) is 2. The molecule has 1 unspecified atom stereocenters. The minimum absolute atomic E-state index is 0.0827. The molecule has 0 saturated heterocycles. The quantitative estimate of drug-likeness (QED) is 0.878. The highest BCUT2D eigenvalue weighted by Gasteiger charge is 2.17. The Hall–Kier alpha value is -1.68. The van der Waals surface area contributed by atoms with E-state index in [-0.39, 0.29) is 11.9 Å². The first-order valence-electron chi connectivity index (χ1n) is 5.70. The van der Waals surface area contributed by atoms with Gasteiger partial charge in [-0.15, -0.1) is 0 Å². The first-order chi connectivity index (χ1) is 8.26. The molecule has 0 fully saturated rings. The van der Waals surface area contributed by atoms with Crippen LogP contribution < -0.4 is 5.32 Å². The summed E-state index contributed by atoms with van der Waals surface area (Å²) in [5, 5.41) is 3.17. The summed E-state index contributed by atoms with van der Waals surface area (Å²) in [5.74, 6) is 0.679. The van der Waals surface area contributed by atoms with E-state index in [9.17, 15) is 4.39 Å². The molecule has 0 amide bonds. The van der Waals surface area contributed by atoms with Crippen LogP contribution >= 0.6 is 0 Å². The van der Waals surface area contributed by atoms with Gasteiger partial charge < -0.3 is 9.88 Å². The lowest BCUT2D eigenvalue weighted by atomic mass is 10.1. The van der Waals surface area contributed by atoms with Crippen LogP contribution in [-0.4, -0.2) is 16.6 Å². The van der Waals surface area contributed by atoms with Crippen LogP contribution in [0.3, 0.4) is 0 Å². The second-order valence-electron chi connectivity index (χ2n) is 3.85. The first kappa shape index (κ1) is 11.8. The molecule has 3 nitrogen and oxygen atoms in total. The maximum absolute atomic E-state index is 13.2. The monoisotopic (exact) mass is 233 g/mol. The summed E-state index contributed by atoms with van der Waals surface area (Å²) in [6.07, 6.45) is 3.70. The van der Waals surface area contributed by atoms with Crippen LogP contribution in [-0.2, 0) is 6.54 Å². The molecule has 4 heteroatoms. The van der Waals surface area contributed by atoms with Gasteiger partial charge in [0.1, 0.15) is 11.6 Å². The third-order valence-electron chi connectivity index (χ3n) is 2.82. The average molecular weight is 233 g/mol. The van der Waals surface area contributed by atoms with Crippen molar-refractivity contribution in [2.75, 3.05) is 7.05 Å². The average Bonchev–Trinajstić information content (AvgIpc) is 2.78. The number of halogens is 1. The van der Waals surface area contributed by atoms with Crippen molar-refractivity contribution in [1.29, 1.82) is 0 Å². The molecule has 2 aromatic rings. The molecular formula is C13H16FN3. The highest BCUT2D eigenvalue weighted by Crippen LogP contribution is 2.20. The second-order valence-corrected chi connectivity index (χ2v) is 3.85. The topological polar surface area (TPSA) is 29.9 Å². The van der Waals surface area contributed by atoms with E-state index in [2.05, 4.69) is 17.2 Å². The fourth-order valence-corrected chi connectivity index (χ4v) is 1.98. The van der Waals surface area contributed by atoms with Crippen LogP contribution in [0.1, 0.15) is 24.4 Å². The van der Waals surface area contributed by atoms with Gasteiger partial charge in [0.2, 0.25) is 0 Å². The Balaban J connectivity index is 2.40. The molecule has 0 spiro atoms. The van der Waals surface area contributed by atoms with Gasteiger partial charge in [-0.2, -0.15) is 0 Å². The summed E-state index contributed by atoms with van der Waals surface area (Å²) in [4.78, 5) is 4.34. The Morgan fingerprint density at radius 1 is 1.47 bits per heavy atom. The minimum Gasteiger partial charge on any atom is -0.334 e. The lowest BCUT2D eigenvalue weighted by Gasteiger charge is -2.17. The molecule has 0 bridgehead atoms. The van der Waals surface area contributed by atoms with Gasteiger partial charge in [-0.25, -0.2) is 9.37 Å². The van der Waals surface area contributed by atoms with E-state index >= 15 is 0 Å². The predicted molar refractivity (Wildman–Crippen MR) is 65.2 cm³/mol. The molecule has 1 aromatic carbocycles. The Morgan fingerprint density at radius 2 is 2.29 bits per heavy atom. The second kappa shape index (κ2) is 5.10. The zero-order chi connectivity index (χ0) is 12.3. The van der Waals surface area contributed by atoms with E-state index in [1.165, 1.54) is 12.1 Å². The Morgan fingerprint density at radius 3 is 2.94 bits per heavy atom. The fourth-order valence-electron chi connectivity index (χ4n) is 1.98. The maximum Gasteiger partial charge on any atom is 0.130 e. The zero-order valence-electron chi connectivity index (χ0n) is 10.0. The molecule has 0 aliphatic carbocycles. The fraction of sp³-hybridized carbons (Fsp3) is 0.308. The van der Waals surface area contributed by atoms with Gasteiger partial charge in [-0.3, -0.25) is 0 Å². The summed E-state index contributed by atoms with van der Waals surface area (Å²) < 4.78 is 15.3. The number of aryl methyl sites for hydroxylation is 1. The van der Waals surface area contributed by atoms with Crippen LogP contribution in [0.5, 0.6) is 0 Å². The maximum atomic E-state index is 13.2. The molecule has 0 radical (unpaired) electrons. The summed E-state index contributed by atoms with van der Waals surface area (Å²) in [6.45, 7) is 2.91. The van der Waals surface area contributed by atoms with Gasteiger partial charge in [0, 0.05) is 18.9 Å². The number of hydrogen-bond acceptors (Lipinski definition) is 2. The van der Waals surface area contributed by atoms with Crippen LogP contribution in [0.15, 0.2) is 36.7 Å². The smallest absolute Gasteiger partial charge is 0.130 e. The van der Waals surface area contributed by atoms with Crippen molar-refractivity contribution in [1.82, 2.24) is 14.9 Å². The molecule has 0 aliphatic heterocycles. The molecule has 0 aliphatic rings. The van der Waals surface area contributed by atoms with Gasteiger partial charge in [-0.1, -0.05) is 12.1 Å². The minimum atomic E-state index is -0.225. The van der Waals surface area contributed by atoms with Gasteiger partial charge in [0.25, 0.3) is 0 Å². The van der Waals surface area contributed by atoms with Gasteiger partial charge in [0.15, 0.2) is 0 Å². The molecule has 1 atom stereocenters. The van der Waals surface area contributed by atoms with Gasteiger partial charge >= 0.3 is 0 Å². The molecule has 1 N–H and O–H groups in total. The van der Waals surface area contributed by atoms with Crippen molar-refractivity contribution in [2.45, 2.75) is 19.5 Å². The lowest BCUT2D eigenvalue weighted by Crippen LogP contribution is -2.21. The number of hydrogen-bond donors (Lipinski definition) is 1. The van der Waals surface area contributed by atoms with E-state index in [1.54, 1.807) is 12.3 Å². The number of benzene rings is 1. The van der Waals surface area contributed by atoms with Gasteiger partial charge in [-0.05, 0) is 31.7 Å². The first-order valence-corrected chi connectivity index (χ1v) is 5.70. The SMILES string of the molecule is CCn1ccnc1C(NC)c1cccc(F)c1. The third-order valence-corrected chi connectivity index (χ3v) is 2.82. The molecule has 2 rings (SSSR count). The van der Waals surface area contributed by atoms with Crippen molar-refractivity contribution < 1.29 is 4.39 Å². The van der Waals surface area contributed by atoms with Gasteiger partial charge in [0.05, 0.1) is 6.04 Å². The largest absolute Gasteiger partial charge is 0.334 e. The number of nitrogens with one attached hydrogen (secondary N) is 1. The summed E-state index contributed by atoms with van der Waals surface area (Å²) in [7, 11) is 1.85.